The van der Waals surface area contributed by atoms with Crippen molar-refractivity contribution in [3.8, 4) is 0 Å². The quantitative estimate of drug-likeness (QED) is 0.0259. The Morgan fingerprint density at radius 3 is 1.78 bits per heavy atom. The van der Waals surface area contributed by atoms with Gasteiger partial charge in [0.2, 0.25) is 5.91 Å². The molecule has 45 heavy (non-hydrogen) atoms. The van der Waals surface area contributed by atoms with Crippen LogP contribution >= 0.6 is 7.82 Å². The van der Waals surface area contributed by atoms with Gasteiger partial charge in [-0.1, -0.05) is 95.9 Å². The zero-order chi connectivity index (χ0) is 33.6. The summed E-state index contributed by atoms with van der Waals surface area (Å²) in [7, 11) is -4.74. The highest BCUT2D eigenvalue weighted by Crippen LogP contribution is 2.43. The molecule has 0 heterocycles. The van der Waals surface area contributed by atoms with Gasteiger partial charge in [0.25, 0.3) is 0 Å². The molecule has 0 aromatic carbocycles. The number of rotatable bonds is 31. The van der Waals surface area contributed by atoms with Gasteiger partial charge in [-0.15, -0.1) is 0 Å². The fourth-order valence-corrected chi connectivity index (χ4v) is 5.01. The Hall–Kier alpha value is -2.04. The van der Waals surface area contributed by atoms with Crippen molar-refractivity contribution in [2.24, 2.45) is 0 Å². The molecule has 0 aliphatic carbocycles. The Morgan fingerprint density at radius 2 is 1.20 bits per heavy atom. The van der Waals surface area contributed by atoms with E-state index in [9.17, 15) is 34.1 Å². The largest absolute Gasteiger partial charge is 0.480 e. The third-order valence-corrected chi connectivity index (χ3v) is 7.89. The van der Waals surface area contributed by atoms with E-state index in [1.54, 1.807) is 0 Å². The maximum atomic E-state index is 12.2. The van der Waals surface area contributed by atoms with Crippen LogP contribution in [0.5, 0.6) is 0 Å². The Labute approximate surface area is 270 Å². The van der Waals surface area contributed by atoms with Crippen molar-refractivity contribution in [3.05, 3.63) is 24.3 Å². The molecule has 0 fully saturated rings. The minimum Gasteiger partial charge on any atom is -0.480 e. The SMILES string of the molecule is CCC/C=C\CCCCCCCC(=O)NC(COP(=O)(O)OCC(O)COC(=O)CCCCCCC/C=C\CCCC)C(=O)O. The Bertz CT molecular complexity index is 880. The number of aliphatic hydroxyl groups excluding tert-OH is 1. The van der Waals surface area contributed by atoms with Crippen LogP contribution in [0.2, 0.25) is 0 Å². The van der Waals surface area contributed by atoms with Crippen LogP contribution in [0.15, 0.2) is 24.3 Å². The van der Waals surface area contributed by atoms with E-state index in [-0.39, 0.29) is 12.8 Å². The zero-order valence-electron chi connectivity index (χ0n) is 27.7. The second-order valence-corrected chi connectivity index (χ2v) is 12.8. The number of esters is 1. The highest BCUT2D eigenvalue weighted by molar-refractivity contribution is 7.47. The molecule has 262 valence electrons. The van der Waals surface area contributed by atoms with Crippen molar-refractivity contribution in [1.29, 1.82) is 0 Å². The Balaban J connectivity index is 4.05. The van der Waals surface area contributed by atoms with E-state index in [0.29, 0.717) is 12.8 Å². The van der Waals surface area contributed by atoms with E-state index in [1.807, 2.05) is 0 Å². The lowest BCUT2D eigenvalue weighted by atomic mass is 10.1. The number of nitrogens with one attached hydrogen (secondary N) is 1. The lowest BCUT2D eigenvalue weighted by molar-refractivity contribution is -0.147. The number of phosphoric ester groups is 1. The number of hydrogen-bond donors (Lipinski definition) is 4. The van der Waals surface area contributed by atoms with Gasteiger partial charge in [-0.25, -0.2) is 9.36 Å². The molecule has 0 aliphatic rings. The van der Waals surface area contributed by atoms with E-state index in [2.05, 4.69) is 43.5 Å². The first kappa shape index (κ1) is 43.0. The second-order valence-electron chi connectivity index (χ2n) is 11.3. The predicted octanol–water partition coefficient (Wildman–Crippen LogP) is 7.16. The van der Waals surface area contributed by atoms with E-state index in [0.717, 1.165) is 83.5 Å². The number of carbonyl (C=O) groups is 3. The number of ether oxygens (including phenoxy) is 1. The van der Waals surface area contributed by atoms with Gasteiger partial charge in [-0.3, -0.25) is 18.6 Å². The molecule has 0 saturated carbocycles. The van der Waals surface area contributed by atoms with E-state index < -0.39 is 57.6 Å². The molecule has 0 radical (unpaired) electrons. The van der Waals surface area contributed by atoms with Crippen molar-refractivity contribution in [2.75, 3.05) is 19.8 Å². The highest BCUT2D eigenvalue weighted by atomic mass is 31.2. The lowest BCUT2D eigenvalue weighted by Crippen LogP contribution is -2.43. The Kier molecular flexibility index (Phi) is 28.0. The fraction of sp³-hybridized carbons (Fsp3) is 0.788. The first-order valence-electron chi connectivity index (χ1n) is 16.9. The molecule has 11 nitrogen and oxygen atoms in total. The van der Waals surface area contributed by atoms with Crippen LogP contribution in [-0.2, 0) is 32.7 Å². The van der Waals surface area contributed by atoms with E-state index >= 15 is 0 Å². The average Bonchev–Trinajstić information content (AvgIpc) is 3.00. The molecular formula is C33H60NO10P. The number of carboxylic acid groups (broad SMARTS) is 1. The third-order valence-electron chi connectivity index (χ3n) is 6.94. The molecule has 3 atom stereocenters. The first-order chi connectivity index (χ1) is 21.6. The van der Waals surface area contributed by atoms with E-state index in [4.69, 9.17) is 13.8 Å². The number of allylic oxidation sites excluding steroid dienone is 4. The summed E-state index contributed by atoms with van der Waals surface area (Å²) >= 11 is 0. The molecule has 0 aliphatic heterocycles. The molecule has 4 N–H and O–H groups in total. The fourth-order valence-electron chi connectivity index (χ4n) is 4.24. The molecule has 0 bridgehead atoms. The number of carboxylic acids is 1. The summed E-state index contributed by atoms with van der Waals surface area (Å²) in [6.07, 6.45) is 25.2. The molecular weight excluding hydrogens is 601 g/mol. The second kappa shape index (κ2) is 29.4. The van der Waals surface area contributed by atoms with Gasteiger partial charge in [0.15, 0.2) is 6.04 Å². The third kappa shape index (κ3) is 29.1. The molecule has 0 aromatic rings. The van der Waals surface area contributed by atoms with Crippen LogP contribution in [0.1, 0.15) is 136 Å². The van der Waals surface area contributed by atoms with Crippen LogP contribution in [0.25, 0.3) is 0 Å². The number of aliphatic hydroxyl groups is 1. The number of aliphatic carboxylic acids is 1. The van der Waals surface area contributed by atoms with Crippen LogP contribution < -0.4 is 5.32 Å². The number of amides is 1. The summed E-state index contributed by atoms with van der Waals surface area (Å²) in [5.74, 6) is -2.40. The van der Waals surface area contributed by atoms with Crippen LogP contribution in [0.4, 0.5) is 0 Å². The highest BCUT2D eigenvalue weighted by Gasteiger charge is 2.28. The van der Waals surface area contributed by atoms with Gasteiger partial charge in [0.05, 0.1) is 13.2 Å². The molecule has 0 rings (SSSR count). The molecule has 1 amide bonds. The normalized spacial score (nSPS) is 14.4. The average molecular weight is 662 g/mol. The van der Waals surface area contributed by atoms with Gasteiger partial charge in [-0.05, 0) is 51.4 Å². The predicted molar refractivity (Wildman–Crippen MR) is 176 cm³/mol. The molecule has 0 aromatic heterocycles. The van der Waals surface area contributed by atoms with Gasteiger partial charge in [-0.2, -0.15) is 0 Å². The summed E-state index contributed by atoms with van der Waals surface area (Å²) in [6, 6.07) is -1.55. The van der Waals surface area contributed by atoms with Gasteiger partial charge in [0, 0.05) is 12.8 Å². The molecule has 0 saturated heterocycles. The topological polar surface area (TPSA) is 169 Å². The summed E-state index contributed by atoms with van der Waals surface area (Å²) in [4.78, 5) is 45.4. The summed E-state index contributed by atoms with van der Waals surface area (Å²) in [5.41, 5.74) is 0. The van der Waals surface area contributed by atoms with Crippen molar-refractivity contribution in [3.63, 3.8) is 0 Å². The smallest absolute Gasteiger partial charge is 0.472 e. The minimum absolute atomic E-state index is 0.134. The molecule has 3 unspecified atom stereocenters. The number of phosphoric acid groups is 1. The van der Waals surface area contributed by atoms with Gasteiger partial charge < -0.3 is 25.2 Å². The first-order valence-corrected chi connectivity index (χ1v) is 18.4. The minimum atomic E-state index is -4.74. The standard InChI is InChI=1S/C33H60NO10P/c1-3-5-7-9-11-13-15-17-19-21-23-25-32(37)42-26-29(35)27-43-45(40,41)44-28-30(33(38)39)34-31(36)24-22-20-18-16-14-12-10-8-6-4-2/h8-11,29-30,35H,3-7,12-28H2,1-2H3,(H,34,36)(H,38,39)(H,40,41)/b10-8-,11-9-. The molecule has 0 spiro atoms. The van der Waals surface area contributed by atoms with E-state index in [1.165, 1.54) is 12.8 Å². The monoisotopic (exact) mass is 661 g/mol. The maximum Gasteiger partial charge on any atom is 0.472 e. The number of unbranched alkanes of at least 4 members (excludes halogenated alkanes) is 13. The molecule has 12 heteroatoms. The zero-order valence-corrected chi connectivity index (χ0v) is 28.6. The van der Waals surface area contributed by atoms with Crippen LogP contribution in [-0.4, -0.2) is 64.9 Å². The van der Waals surface area contributed by atoms with Crippen molar-refractivity contribution in [1.82, 2.24) is 5.32 Å². The van der Waals surface area contributed by atoms with Crippen LogP contribution in [0, 0.1) is 0 Å². The Morgan fingerprint density at radius 1 is 0.689 bits per heavy atom. The summed E-state index contributed by atoms with van der Waals surface area (Å²) in [6.45, 7) is 2.42. The van der Waals surface area contributed by atoms with Crippen LogP contribution in [0.3, 0.4) is 0 Å². The summed E-state index contributed by atoms with van der Waals surface area (Å²) < 4.78 is 26.6. The van der Waals surface area contributed by atoms with Crippen molar-refractivity contribution in [2.45, 2.75) is 148 Å². The number of hydrogen-bond acceptors (Lipinski definition) is 8. The van der Waals surface area contributed by atoms with Gasteiger partial charge in [0.1, 0.15) is 12.7 Å². The van der Waals surface area contributed by atoms with Crippen molar-refractivity contribution < 1.29 is 47.8 Å². The van der Waals surface area contributed by atoms with Crippen molar-refractivity contribution >= 4 is 25.7 Å². The number of carbonyl (C=O) groups excluding carboxylic acids is 2. The lowest BCUT2D eigenvalue weighted by Gasteiger charge is -2.18. The summed E-state index contributed by atoms with van der Waals surface area (Å²) in [5, 5.41) is 21.6. The van der Waals surface area contributed by atoms with Gasteiger partial charge >= 0.3 is 19.8 Å². The maximum absolute atomic E-state index is 12.2.